The van der Waals surface area contributed by atoms with Gasteiger partial charge in [0.05, 0.1) is 11.7 Å². The lowest BCUT2D eigenvalue weighted by molar-refractivity contribution is 0.0683. The maximum absolute atomic E-state index is 12.5. The molecule has 1 atom stereocenters. The largest absolute Gasteiger partial charge is 0.507 e. The molecule has 0 bridgehead atoms. The number of ketones is 1. The number of carbonyl (C=O) groups excluding carboxylic acids is 1. The van der Waals surface area contributed by atoms with E-state index in [1.54, 1.807) is 19.1 Å². The minimum atomic E-state index is -1.24. The molecule has 0 fully saturated rings. The minimum absolute atomic E-state index is 0.0477. The maximum Gasteiger partial charge on any atom is 0.343 e. The number of carbonyl (C=O) groups is 2. The molecule has 186 valence electrons. The predicted molar refractivity (Wildman–Crippen MR) is 134 cm³/mol. The van der Waals surface area contributed by atoms with Crippen molar-refractivity contribution in [2.75, 3.05) is 6.61 Å². The summed E-state index contributed by atoms with van der Waals surface area (Å²) >= 11 is 0. The fraction of sp³-hybridized carbons (Fsp3) is 0.357. The molecular formula is C28H32O7. The number of benzene rings is 3. The van der Waals surface area contributed by atoms with Gasteiger partial charge >= 0.3 is 5.97 Å². The monoisotopic (exact) mass is 480 g/mol. The first-order valence-corrected chi connectivity index (χ1v) is 11.9. The number of carboxylic acid groups (broad SMARTS) is 1. The van der Waals surface area contributed by atoms with Crippen molar-refractivity contribution in [1.29, 1.82) is 0 Å². The number of aliphatic hydroxyl groups is 1. The number of hydrogen-bond acceptors (Lipinski definition) is 6. The van der Waals surface area contributed by atoms with E-state index in [0.29, 0.717) is 23.8 Å². The van der Waals surface area contributed by atoms with E-state index in [2.05, 4.69) is 0 Å². The smallest absolute Gasteiger partial charge is 0.343 e. The number of aromatic carboxylic acids is 1. The standard InChI is InChI=1S/C28H32O7/c1-5-8-18-10-7-11-19-14-23(25(28(32)33)27(24(18)19)34-15-16(3)29)35-22-13-12-20(17(4)30)26(31)21(22)9-6-2/h7,10-14,16,29,31H,5-6,8-9,15H2,1-4H3,(H,32,33). The second-order valence-corrected chi connectivity index (χ2v) is 8.66. The Hall–Kier alpha value is -3.58. The highest BCUT2D eigenvalue weighted by Crippen LogP contribution is 2.43. The summed E-state index contributed by atoms with van der Waals surface area (Å²) in [4.78, 5) is 24.4. The van der Waals surface area contributed by atoms with Crippen molar-refractivity contribution in [3.05, 3.63) is 58.7 Å². The molecule has 3 aromatic carbocycles. The zero-order valence-electron chi connectivity index (χ0n) is 20.6. The van der Waals surface area contributed by atoms with Gasteiger partial charge in [0.2, 0.25) is 0 Å². The Labute approximate surface area is 204 Å². The van der Waals surface area contributed by atoms with E-state index in [4.69, 9.17) is 9.47 Å². The van der Waals surface area contributed by atoms with Crippen molar-refractivity contribution in [3.63, 3.8) is 0 Å². The van der Waals surface area contributed by atoms with Crippen LogP contribution in [0.4, 0.5) is 0 Å². The summed E-state index contributed by atoms with van der Waals surface area (Å²) in [5.74, 6) is -1.23. The van der Waals surface area contributed by atoms with E-state index in [0.717, 1.165) is 23.8 Å². The first-order chi connectivity index (χ1) is 16.7. The Morgan fingerprint density at radius 2 is 1.74 bits per heavy atom. The molecule has 0 aliphatic carbocycles. The summed E-state index contributed by atoms with van der Waals surface area (Å²) < 4.78 is 12.0. The van der Waals surface area contributed by atoms with Gasteiger partial charge in [-0.2, -0.15) is 0 Å². The Balaban J connectivity index is 2.28. The molecule has 0 amide bonds. The van der Waals surface area contributed by atoms with Crippen LogP contribution in [-0.2, 0) is 12.8 Å². The van der Waals surface area contributed by atoms with E-state index >= 15 is 0 Å². The number of ether oxygens (including phenoxy) is 2. The summed E-state index contributed by atoms with van der Waals surface area (Å²) in [6.45, 7) is 6.81. The van der Waals surface area contributed by atoms with Crippen LogP contribution in [0.25, 0.3) is 10.8 Å². The number of rotatable bonds is 11. The van der Waals surface area contributed by atoms with Gasteiger partial charge in [0.1, 0.15) is 35.2 Å². The predicted octanol–water partition coefficient (Wildman–Crippen LogP) is 5.90. The van der Waals surface area contributed by atoms with Crippen LogP contribution in [0.5, 0.6) is 23.0 Å². The van der Waals surface area contributed by atoms with Crippen LogP contribution in [0.15, 0.2) is 36.4 Å². The zero-order chi connectivity index (χ0) is 25.7. The summed E-state index contributed by atoms with van der Waals surface area (Å²) in [6, 6.07) is 10.4. The SMILES string of the molecule is CCCc1c(Oc2cc3cccc(CCC)c3c(OCC(C)O)c2C(=O)O)ccc(C(C)=O)c1O. The zero-order valence-corrected chi connectivity index (χ0v) is 20.6. The minimum Gasteiger partial charge on any atom is -0.507 e. The van der Waals surface area contributed by atoms with Gasteiger partial charge in [-0.3, -0.25) is 4.79 Å². The molecule has 0 saturated carbocycles. The van der Waals surface area contributed by atoms with Crippen LogP contribution in [0, 0.1) is 0 Å². The lowest BCUT2D eigenvalue weighted by atomic mass is 9.96. The number of aromatic hydroxyl groups is 1. The Kier molecular flexibility index (Phi) is 8.35. The number of phenols is 1. The Bertz CT molecular complexity index is 1240. The molecule has 0 heterocycles. The molecule has 0 aliphatic rings. The number of Topliss-reactive ketones (excluding diaryl/α,β-unsaturated/α-hetero) is 1. The number of phenolic OH excluding ortho intramolecular Hbond substituents is 1. The van der Waals surface area contributed by atoms with Crippen molar-refractivity contribution >= 4 is 22.5 Å². The van der Waals surface area contributed by atoms with Gasteiger partial charge in [-0.15, -0.1) is 0 Å². The Morgan fingerprint density at radius 1 is 1.03 bits per heavy atom. The van der Waals surface area contributed by atoms with E-state index < -0.39 is 12.1 Å². The molecule has 7 heteroatoms. The normalized spacial score (nSPS) is 11.9. The first kappa shape index (κ1) is 26.0. The third-order valence-electron chi connectivity index (χ3n) is 5.71. The summed E-state index contributed by atoms with van der Waals surface area (Å²) in [5.41, 5.74) is 1.39. The molecule has 3 rings (SSSR count). The second kappa shape index (κ2) is 11.2. The lowest BCUT2D eigenvalue weighted by Gasteiger charge is -2.20. The van der Waals surface area contributed by atoms with Crippen molar-refractivity contribution in [2.45, 2.75) is 59.5 Å². The van der Waals surface area contributed by atoms with Crippen LogP contribution >= 0.6 is 0 Å². The molecule has 3 aromatic rings. The highest BCUT2D eigenvalue weighted by atomic mass is 16.5. The number of aryl methyl sites for hydroxylation is 1. The molecule has 0 saturated heterocycles. The molecule has 3 N–H and O–H groups in total. The van der Waals surface area contributed by atoms with Crippen LogP contribution < -0.4 is 9.47 Å². The molecule has 0 aliphatic heterocycles. The quantitative estimate of drug-likeness (QED) is 0.293. The van der Waals surface area contributed by atoms with Crippen molar-refractivity contribution < 1.29 is 34.4 Å². The van der Waals surface area contributed by atoms with Crippen molar-refractivity contribution in [1.82, 2.24) is 0 Å². The maximum atomic E-state index is 12.5. The van der Waals surface area contributed by atoms with Crippen LogP contribution in [0.2, 0.25) is 0 Å². The van der Waals surface area contributed by atoms with Gasteiger partial charge in [0.15, 0.2) is 5.78 Å². The summed E-state index contributed by atoms with van der Waals surface area (Å²) in [6.07, 6.45) is 1.89. The van der Waals surface area contributed by atoms with Gasteiger partial charge in [-0.25, -0.2) is 4.79 Å². The van der Waals surface area contributed by atoms with E-state index in [1.807, 2.05) is 32.0 Å². The molecule has 0 spiro atoms. The van der Waals surface area contributed by atoms with Gasteiger partial charge in [0, 0.05) is 10.9 Å². The number of hydrogen-bond donors (Lipinski definition) is 3. The number of fused-ring (bicyclic) bond motifs is 1. The van der Waals surface area contributed by atoms with E-state index in [9.17, 15) is 24.9 Å². The highest BCUT2D eigenvalue weighted by Gasteiger charge is 2.26. The number of carboxylic acids is 1. The second-order valence-electron chi connectivity index (χ2n) is 8.66. The Morgan fingerprint density at radius 3 is 2.34 bits per heavy atom. The molecule has 35 heavy (non-hydrogen) atoms. The van der Waals surface area contributed by atoms with E-state index in [-0.39, 0.29) is 46.5 Å². The summed E-state index contributed by atoms with van der Waals surface area (Å²) in [5, 5.41) is 32.2. The highest BCUT2D eigenvalue weighted by molar-refractivity contribution is 6.05. The van der Waals surface area contributed by atoms with Gasteiger partial charge < -0.3 is 24.8 Å². The molecule has 0 radical (unpaired) electrons. The topological polar surface area (TPSA) is 113 Å². The first-order valence-electron chi connectivity index (χ1n) is 11.9. The third kappa shape index (κ3) is 5.57. The van der Waals surface area contributed by atoms with Crippen LogP contribution in [0.1, 0.15) is 72.4 Å². The summed E-state index contributed by atoms with van der Waals surface area (Å²) in [7, 11) is 0. The van der Waals surface area contributed by atoms with Gasteiger partial charge in [-0.05, 0) is 55.8 Å². The van der Waals surface area contributed by atoms with Crippen LogP contribution in [0.3, 0.4) is 0 Å². The van der Waals surface area contributed by atoms with E-state index in [1.165, 1.54) is 13.0 Å². The molecular weight excluding hydrogens is 448 g/mol. The van der Waals surface area contributed by atoms with Gasteiger partial charge in [0.25, 0.3) is 0 Å². The average molecular weight is 481 g/mol. The average Bonchev–Trinajstić information content (AvgIpc) is 2.79. The molecule has 0 aromatic heterocycles. The van der Waals surface area contributed by atoms with Crippen molar-refractivity contribution in [2.24, 2.45) is 0 Å². The fourth-order valence-electron chi connectivity index (χ4n) is 4.18. The van der Waals surface area contributed by atoms with Crippen molar-refractivity contribution in [3.8, 4) is 23.0 Å². The molecule has 1 unspecified atom stereocenters. The van der Waals surface area contributed by atoms with Gasteiger partial charge in [-0.1, -0.05) is 44.9 Å². The molecule has 7 nitrogen and oxygen atoms in total. The lowest BCUT2D eigenvalue weighted by Crippen LogP contribution is -2.16. The fourth-order valence-corrected chi connectivity index (χ4v) is 4.18. The van der Waals surface area contributed by atoms with Crippen LogP contribution in [-0.4, -0.2) is 39.8 Å². The number of aliphatic hydroxyl groups excluding tert-OH is 1. The third-order valence-corrected chi connectivity index (χ3v) is 5.71.